The number of aromatic nitrogens is 1. The van der Waals surface area contributed by atoms with E-state index in [2.05, 4.69) is 4.98 Å². The van der Waals surface area contributed by atoms with Gasteiger partial charge in [-0.15, -0.1) is 0 Å². The summed E-state index contributed by atoms with van der Waals surface area (Å²) >= 11 is 0. The van der Waals surface area contributed by atoms with E-state index < -0.39 is 11.9 Å². The summed E-state index contributed by atoms with van der Waals surface area (Å²) < 4.78 is 0. The summed E-state index contributed by atoms with van der Waals surface area (Å²) in [5, 5.41) is 10.4. The van der Waals surface area contributed by atoms with Crippen LogP contribution >= 0.6 is 0 Å². The number of rotatable bonds is 2. The number of pyridine rings is 1. The second-order valence-electron chi connectivity index (χ2n) is 2.33. The molecule has 1 heterocycles. The molecule has 0 bridgehead atoms. The van der Waals surface area contributed by atoms with Gasteiger partial charge in [-0.25, -0.2) is 0 Å². The van der Waals surface area contributed by atoms with Gasteiger partial charge in [-0.05, 0) is 11.6 Å². The van der Waals surface area contributed by atoms with Crippen LogP contribution in [0.2, 0.25) is 0 Å². The van der Waals surface area contributed by atoms with Gasteiger partial charge in [-0.3, -0.25) is 4.98 Å². The summed E-state index contributed by atoms with van der Waals surface area (Å²) in [6, 6.07) is 3.42. The molecule has 0 fully saturated rings. The van der Waals surface area contributed by atoms with E-state index in [1.165, 1.54) is 6.20 Å². The number of carbonyl (C=O) groups is 1. The monoisotopic (exact) mass is 157 g/mol. The molecule has 0 amide bonds. The van der Waals surface area contributed by atoms with Crippen LogP contribution in [0.5, 0.6) is 0 Å². The van der Waals surface area contributed by atoms with Crippen LogP contribution in [0.3, 0.4) is 0 Å². The largest absolute Gasteiger partial charge is 1.00 e. The fraction of sp³-hybridized carbons (Fsp3) is 0.250. The first kappa shape index (κ1) is 11.2. The maximum atomic E-state index is 10.4. The Balaban J connectivity index is 0.00000121. The maximum absolute atomic E-state index is 10.4. The Kier molecular flexibility index (Phi) is 4.64. The average molecular weight is 157 g/mol. The van der Waals surface area contributed by atoms with Crippen molar-refractivity contribution in [1.82, 2.24) is 4.98 Å². The van der Waals surface area contributed by atoms with Crippen molar-refractivity contribution >= 4 is 5.97 Å². The van der Waals surface area contributed by atoms with Gasteiger partial charge in [0, 0.05) is 24.3 Å². The van der Waals surface area contributed by atoms with Crippen molar-refractivity contribution in [3.8, 4) is 0 Å². The molecule has 0 N–H and O–H groups in total. The summed E-state index contributed by atoms with van der Waals surface area (Å²) in [6.07, 6.45) is 3.13. The molecule has 0 aromatic carbocycles. The van der Waals surface area contributed by atoms with E-state index >= 15 is 0 Å². The SMILES string of the molecule is CC(C(=O)[O-])c1cccnc1.[Li+]. The van der Waals surface area contributed by atoms with Gasteiger partial charge in [-0.1, -0.05) is 13.0 Å². The summed E-state index contributed by atoms with van der Waals surface area (Å²) in [6.45, 7) is 1.58. The zero-order chi connectivity index (χ0) is 8.27. The minimum absolute atomic E-state index is 0. The van der Waals surface area contributed by atoms with Crippen molar-refractivity contribution in [3.63, 3.8) is 0 Å². The van der Waals surface area contributed by atoms with Crippen molar-refractivity contribution in [3.05, 3.63) is 30.1 Å². The van der Waals surface area contributed by atoms with Crippen LogP contribution < -0.4 is 24.0 Å². The van der Waals surface area contributed by atoms with Gasteiger partial charge in [0.2, 0.25) is 0 Å². The Morgan fingerprint density at radius 3 is 2.75 bits per heavy atom. The molecule has 4 heteroatoms. The normalized spacial score (nSPS) is 11.4. The second-order valence-corrected chi connectivity index (χ2v) is 2.33. The molecular formula is C8H8LiNO2. The average Bonchev–Trinajstić information content (AvgIpc) is 2.05. The number of carboxylic acids is 1. The molecule has 0 aliphatic rings. The fourth-order valence-electron chi connectivity index (χ4n) is 0.768. The van der Waals surface area contributed by atoms with Gasteiger partial charge in [0.25, 0.3) is 0 Å². The predicted octanol–water partition coefficient (Wildman–Crippen LogP) is -3.06. The van der Waals surface area contributed by atoms with Crippen LogP contribution in [0.4, 0.5) is 0 Å². The molecule has 0 spiro atoms. The molecule has 1 unspecified atom stereocenters. The zero-order valence-corrected chi connectivity index (χ0v) is 7.15. The van der Waals surface area contributed by atoms with Gasteiger partial charge < -0.3 is 9.90 Å². The number of hydrogen-bond donors (Lipinski definition) is 0. The van der Waals surface area contributed by atoms with Crippen LogP contribution in [-0.2, 0) is 4.79 Å². The van der Waals surface area contributed by atoms with Crippen LogP contribution in [-0.4, -0.2) is 11.0 Å². The molecule has 58 valence electrons. The first-order valence-electron chi connectivity index (χ1n) is 3.32. The topological polar surface area (TPSA) is 53.0 Å². The molecule has 1 rings (SSSR count). The number of nitrogens with zero attached hydrogens (tertiary/aromatic N) is 1. The third kappa shape index (κ3) is 2.69. The Hall–Kier alpha value is -0.783. The Bertz CT molecular complexity index is 250. The molecule has 0 aliphatic heterocycles. The number of carboxylic acid groups (broad SMARTS) is 1. The van der Waals surface area contributed by atoms with Crippen molar-refractivity contribution < 1.29 is 28.8 Å². The minimum atomic E-state index is -1.07. The van der Waals surface area contributed by atoms with Crippen LogP contribution in [0.25, 0.3) is 0 Å². The smallest absolute Gasteiger partial charge is 0.550 e. The van der Waals surface area contributed by atoms with E-state index in [-0.39, 0.29) is 18.9 Å². The molecule has 0 radical (unpaired) electrons. The molecule has 12 heavy (non-hydrogen) atoms. The van der Waals surface area contributed by atoms with E-state index in [9.17, 15) is 9.90 Å². The Labute approximate surface area is 83.0 Å². The third-order valence-corrected chi connectivity index (χ3v) is 1.54. The number of aliphatic carboxylic acids is 1. The Morgan fingerprint density at radius 2 is 2.33 bits per heavy atom. The van der Waals surface area contributed by atoms with E-state index in [1.807, 2.05) is 0 Å². The molecule has 0 aliphatic carbocycles. The summed E-state index contributed by atoms with van der Waals surface area (Å²) in [7, 11) is 0. The van der Waals surface area contributed by atoms with Crippen LogP contribution in [0.1, 0.15) is 18.4 Å². The maximum Gasteiger partial charge on any atom is 1.00 e. The van der Waals surface area contributed by atoms with Crippen molar-refractivity contribution in [2.45, 2.75) is 12.8 Å². The molecule has 0 saturated carbocycles. The van der Waals surface area contributed by atoms with Crippen LogP contribution in [0, 0.1) is 0 Å². The summed E-state index contributed by atoms with van der Waals surface area (Å²) in [5.74, 6) is -1.65. The predicted molar refractivity (Wildman–Crippen MR) is 37.7 cm³/mol. The summed E-state index contributed by atoms with van der Waals surface area (Å²) in [5.41, 5.74) is 0.674. The third-order valence-electron chi connectivity index (χ3n) is 1.54. The molecule has 1 atom stereocenters. The van der Waals surface area contributed by atoms with Gasteiger partial charge in [0.15, 0.2) is 0 Å². The van der Waals surface area contributed by atoms with Gasteiger partial charge in [-0.2, -0.15) is 0 Å². The number of carbonyl (C=O) groups excluding carboxylic acids is 1. The quantitative estimate of drug-likeness (QED) is 0.428. The second kappa shape index (κ2) is 4.97. The standard InChI is InChI=1S/C8H9NO2.Li/c1-6(8(10)11)7-3-2-4-9-5-7;/h2-6H,1H3,(H,10,11);/q;+1/p-1. The van der Waals surface area contributed by atoms with Gasteiger partial charge >= 0.3 is 18.9 Å². The van der Waals surface area contributed by atoms with Gasteiger partial charge in [0.1, 0.15) is 0 Å². The molecule has 1 aromatic rings. The van der Waals surface area contributed by atoms with E-state index in [4.69, 9.17) is 0 Å². The summed E-state index contributed by atoms with van der Waals surface area (Å²) in [4.78, 5) is 14.2. The van der Waals surface area contributed by atoms with Gasteiger partial charge in [0.05, 0.1) is 0 Å². The van der Waals surface area contributed by atoms with E-state index in [1.54, 1.807) is 25.3 Å². The van der Waals surface area contributed by atoms with Crippen molar-refractivity contribution in [1.29, 1.82) is 0 Å². The molecule has 3 nitrogen and oxygen atoms in total. The van der Waals surface area contributed by atoms with E-state index in [0.717, 1.165) is 0 Å². The van der Waals surface area contributed by atoms with Crippen LogP contribution in [0.15, 0.2) is 24.5 Å². The van der Waals surface area contributed by atoms with Crippen molar-refractivity contribution in [2.24, 2.45) is 0 Å². The minimum Gasteiger partial charge on any atom is -0.550 e. The van der Waals surface area contributed by atoms with E-state index in [0.29, 0.717) is 5.56 Å². The number of hydrogen-bond acceptors (Lipinski definition) is 3. The Morgan fingerprint density at radius 1 is 1.67 bits per heavy atom. The molecule has 0 saturated heterocycles. The molecule has 1 aromatic heterocycles. The fourth-order valence-corrected chi connectivity index (χ4v) is 0.768. The first-order chi connectivity index (χ1) is 5.22. The first-order valence-corrected chi connectivity index (χ1v) is 3.32. The zero-order valence-electron chi connectivity index (χ0n) is 7.15. The van der Waals surface area contributed by atoms with Crippen molar-refractivity contribution in [2.75, 3.05) is 0 Å². The molecular weight excluding hydrogens is 149 g/mol.